The number of rotatable bonds is 7. The number of primary sulfonamides is 1. The first-order valence-electron chi connectivity index (χ1n) is 6.86. The average molecular weight is 322 g/mol. The minimum Gasteiger partial charge on any atom is -0.469 e. The molecule has 22 heavy (non-hydrogen) atoms. The van der Waals surface area contributed by atoms with Gasteiger partial charge in [-0.1, -0.05) is 12.1 Å². The second kappa shape index (κ2) is 7.24. The van der Waals surface area contributed by atoms with Gasteiger partial charge in [0.2, 0.25) is 15.9 Å². The van der Waals surface area contributed by atoms with E-state index in [4.69, 9.17) is 9.56 Å². The third-order valence-corrected chi connectivity index (χ3v) is 4.10. The molecule has 3 N–H and O–H groups in total. The molecular formula is C15H18N2O4S. The second-order valence-electron chi connectivity index (χ2n) is 4.87. The topological polar surface area (TPSA) is 102 Å². The zero-order valence-corrected chi connectivity index (χ0v) is 12.8. The Labute approximate surface area is 129 Å². The van der Waals surface area contributed by atoms with Crippen LogP contribution in [0.2, 0.25) is 0 Å². The molecule has 1 aromatic heterocycles. The van der Waals surface area contributed by atoms with Gasteiger partial charge in [-0.25, -0.2) is 13.6 Å². The average Bonchev–Trinajstić information content (AvgIpc) is 2.98. The Morgan fingerprint density at radius 1 is 1.14 bits per heavy atom. The third-order valence-electron chi connectivity index (χ3n) is 3.17. The molecule has 0 unspecified atom stereocenters. The molecule has 0 saturated heterocycles. The van der Waals surface area contributed by atoms with Crippen LogP contribution in [0.3, 0.4) is 0 Å². The number of nitrogens with one attached hydrogen (secondary N) is 1. The maximum atomic E-state index is 11.7. The van der Waals surface area contributed by atoms with Crippen molar-refractivity contribution in [1.82, 2.24) is 5.32 Å². The molecule has 0 saturated carbocycles. The molecular weight excluding hydrogens is 304 g/mol. The van der Waals surface area contributed by atoms with Gasteiger partial charge in [0.1, 0.15) is 5.76 Å². The van der Waals surface area contributed by atoms with Crippen LogP contribution in [0, 0.1) is 0 Å². The maximum absolute atomic E-state index is 11.7. The molecule has 0 atom stereocenters. The quantitative estimate of drug-likeness (QED) is 0.800. The normalized spacial score (nSPS) is 11.3. The summed E-state index contributed by atoms with van der Waals surface area (Å²) in [6.45, 7) is 0.525. The van der Waals surface area contributed by atoms with E-state index >= 15 is 0 Å². The molecule has 1 heterocycles. The maximum Gasteiger partial charge on any atom is 0.238 e. The van der Waals surface area contributed by atoms with Crippen molar-refractivity contribution in [3.8, 4) is 0 Å². The number of hydrogen-bond acceptors (Lipinski definition) is 4. The monoisotopic (exact) mass is 322 g/mol. The Morgan fingerprint density at radius 2 is 1.86 bits per heavy atom. The Balaban J connectivity index is 1.74. The lowest BCUT2D eigenvalue weighted by Gasteiger charge is -2.05. The number of sulfonamides is 1. The van der Waals surface area contributed by atoms with E-state index in [2.05, 4.69) is 5.32 Å². The summed E-state index contributed by atoms with van der Waals surface area (Å²) in [6.07, 6.45) is 3.13. The first-order valence-corrected chi connectivity index (χ1v) is 8.40. The van der Waals surface area contributed by atoms with Crippen molar-refractivity contribution in [2.24, 2.45) is 5.14 Å². The van der Waals surface area contributed by atoms with Crippen LogP contribution in [0.1, 0.15) is 17.7 Å². The smallest absolute Gasteiger partial charge is 0.238 e. The predicted octanol–water partition coefficient (Wildman–Crippen LogP) is 1.22. The van der Waals surface area contributed by atoms with Crippen LogP contribution in [-0.4, -0.2) is 20.9 Å². The Hall–Kier alpha value is -2.12. The van der Waals surface area contributed by atoms with Gasteiger partial charge in [0.05, 0.1) is 11.2 Å². The predicted molar refractivity (Wildman–Crippen MR) is 81.6 cm³/mol. The van der Waals surface area contributed by atoms with Crippen molar-refractivity contribution in [2.45, 2.75) is 24.2 Å². The summed E-state index contributed by atoms with van der Waals surface area (Å²) in [5.74, 6) is 0.779. The fourth-order valence-electron chi connectivity index (χ4n) is 1.97. The SMILES string of the molecule is NS(=O)(=O)c1ccc(CCC(=O)NCCc2ccco2)cc1. The number of hydrogen-bond donors (Lipinski definition) is 2. The van der Waals surface area contributed by atoms with Gasteiger partial charge in [0.25, 0.3) is 0 Å². The highest BCUT2D eigenvalue weighted by Crippen LogP contribution is 2.10. The first kappa shape index (κ1) is 16.3. The lowest BCUT2D eigenvalue weighted by atomic mass is 10.1. The van der Waals surface area contributed by atoms with Crippen LogP contribution in [-0.2, 0) is 27.7 Å². The van der Waals surface area contributed by atoms with Gasteiger partial charge in [-0.15, -0.1) is 0 Å². The van der Waals surface area contributed by atoms with Crippen molar-refractivity contribution >= 4 is 15.9 Å². The van der Waals surface area contributed by atoms with E-state index in [9.17, 15) is 13.2 Å². The van der Waals surface area contributed by atoms with Crippen LogP contribution in [0.4, 0.5) is 0 Å². The van der Waals surface area contributed by atoms with Crippen molar-refractivity contribution in [3.63, 3.8) is 0 Å². The van der Waals surface area contributed by atoms with Crippen LogP contribution >= 0.6 is 0 Å². The van der Waals surface area contributed by atoms with E-state index < -0.39 is 10.0 Å². The molecule has 0 aliphatic carbocycles. The van der Waals surface area contributed by atoms with Crippen LogP contribution in [0.15, 0.2) is 52.0 Å². The highest BCUT2D eigenvalue weighted by Gasteiger charge is 2.07. The highest BCUT2D eigenvalue weighted by molar-refractivity contribution is 7.89. The summed E-state index contributed by atoms with van der Waals surface area (Å²) in [4.78, 5) is 11.8. The van der Waals surface area contributed by atoms with Gasteiger partial charge in [-0.05, 0) is 36.2 Å². The summed E-state index contributed by atoms with van der Waals surface area (Å²) in [6, 6.07) is 9.88. The lowest BCUT2D eigenvalue weighted by Crippen LogP contribution is -2.25. The molecule has 7 heteroatoms. The zero-order valence-electron chi connectivity index (χ0n) is 12.0. The number of benzene rings is 1. The molecule has 1 aromatic carbocycles. The molecule has 6 nitrogen and oxygen atoms in total. The number of aryl methyl sites for hydroxylation is 1. The van der Waals surface area contributed by atoms with Gasteiger partial charge < -0.3 is 9.73 Å². The first-order chi connectivity index (χ1) is 10.4. The molecule has 0 aliphatic rings. The molecule has 0 spiro atoms. The number of nitrogens with two attached hydrogens (primary N) is 1. The minimum atomic E-state index is -3.67. The summed E-state index contributed by atoms with van der Waals surface area (Å²) in [5.41, 5.74) is 0.883. The highest BCUT2D eigenvalue weighted by atomic mass is 32.2. The van der Waals surface area contributed by atoms with Gasteiger partial charge in [0, 0.05) is 19.4 Å². The summed E-state index contributed by atoms with van der Waals surface area (Å²) < 4.78 is 27.4. The van der Waals surface area contributed by atoms with Gasteiger partial charge in [0.15, 0.2) is 0 Å². The fraction of sp³-hybridized carbons (Fsp3) is 0.267. The largest absolute Gasteiger partial charge is 0.469 e. The molecule has 0 bridgehead atoms. The van der Waals surface area contributed by atoms with E-state index in [1.807, 2.05) is 12.1 Å². The van der Waals surface area contributed by atoms with E-state index in [0.717, 1.165) is 11.3 Å². The molecule has 2 rings (SSSR count). The van der Waals surface area contributed by atoms with E-state index in [0.29, 0.717) is 25.8 Å². The molecule has 2 aromatic rings. The van der Waals surface area contributed by atoms with Crippen molar-refractivity contribution in [2.75, 3.05) is 6.54 Å². The van der Waals surface area contributed by atoms with Crippen LogP contribution < -0.4 is 10.5 Å². The fourth-order valence-corrected chi connectivity index (χ4v) is 2.49. The summed E-state index contributed by atoms with van der Waals surface area (Å²) in [5, 5.41) is 7.84. The van der Waals surface area contributed by atoms with E-state index in [1.54, 1.807) is 18.4 Å². The summed E-state index contributed by atoms with van der Waals surface area (Å²) >= 11 is 0. The van der Waals surface area contributed by atoms with Crippen LogP contribution in [0.5, 0.6) is 0 Å². The lowest BCUT2D eigenvalue weighted by molar-refractivity contribution is -0.121. The number of carbonyl (C=O) groups is 1. The van der Waals surface area contributed by atoms with Crippen LogP contribution in [0.25, 0.3) is 0 Å². The minimum absolute atomic E-state index is 0.0536. The van der Waals surface area contributed by atoms with Gasteiger partial charge in [-0.3, -0.25) is 4.79 Å². The van der Waals surface area contributed by atoms with Crippen molar-refractivity contribution < 1.29 is 17.6 Å². The van der Waals surface area contributed by atoms with Crippen molar-refractivity contribution in [3.05, 3.63) is 54.0 Å². The Morgan fingerprint density at radius 3 is 2.45 bits per heavy atom. The molecule has 1 amide bonds. The number of carbonyl (C=O) groups excluding carboxylic acids is 1. The second-order valence-corrected chi connectivity index (χ2v) is 6.43. The Bertz CT molecular complexity index is 707. The van der Waals surface area contributed by atoms with E-state index in [1.165, 1.54) is 12.1 Å². The molecule has 118 valence electrons. The Kier molecular flexibility index (Phi) is 5.35. The third kappa shape index (κ3) is 5.01. The number of furan rings is 1. The van der Waals surface area contributed by atoms with E-state index in [-0.39, 0.29) is 10.8 Å². The van der Waals surface area contributed by atoms with Crippen molar-refractivity contribution in [1.29, 1.82) is 0 Å². The standard InChI is InChI=1S/C15H18N2O4S/c16-22(19,20)14-6-3-12(4-7-14)5-8-15(18)17-10-9-13-2-1-11-21-13/h1-4,6-7,11H,5,8-10H2,(H,17,18)(H2,16,19,20). The molecule has 0 fully saturated rings. The zero-order chi connectivity index (χ0) is 16.0. The molecule has 0 aliphatic heterocycles. The summed E-state index contributed by atoms with van der Waals surface area (Å²) in [7, 11) is -3.67. The van der Waals surface area contributed by atoms with Gasteiger partial charge in [-0.2, -0.15) is 0 Å². The number of amides is 1. The van der Waals surface area contributed by atoms with Gasteiger partial charge >= 0.3 is 0 Å². The molecule has 0 radical (unpaired) electrons.